The molecule has 1 aromatic carbocycles. The number of nitrogens with two attached hydrogens (primary N) is 1. The summed E-state index contributed by atoms with van der Waals surface area (Å²) in [6, 6.07) is 3.32. The van der Waals surface area contributed by atoms with Crippen LogP contribution < -0.4 is 5.73 Å². The maximum atomic E-state index is 10.3. The Hall–Kier alpha value is -1.88. The molecule has 0 saturated carbocycles. The van der Waals surface area contributed by atoms with Crippen LogP contribution in [0.2, 0.25) is 0 Å². The molecule has 0 aliphatic heterocycles. The number of aliphatic carboxylic acids is 1. The lowest BCUT2D eigenvalue weighted by atomic mass is 10.1. The van der Waals surface area contributed by atoms with E-state index in [1.54, 1.807) is 26.0 Å². The van der Waals surface area contributed by atoms with Gasteiger partial charge in [0.1, 0.15) is 12.0 Å². The van der Waals surface area contributed by atoms with E-state index in [1.165, 1.54) is 0 Å². The van der Waals surface area contributed by atoms with Crippen LogP contribution in [0.4, 0.5) is 0 Å². The maximum Gasteiger partial charge on any atom is 0.317 e. The van der Waals surface area contributed by atoms with Gasteiger partial charge in [-0.25, -0.2) is 0 Å². The van der Waals surface area contributed by atoms with Gasteiger partial charge in [0, 0.05) is 5.56 Å². The first kappa shape index (κ1) is 14.1. The van der Waals surface area contributed by atoms with Crippen molar-refractivity contribution in [3.05, 3.63) is 28.8 Å². The van der Waals surface area contributed by atoms with Gasteiger partial charge in [-0.2, -0.15) is 0 Å². The fraction of sp³-hybridized carbons (Fsp3) is 0.273. The number of aryl methyl sites for hydroxylation is 2. The van der Waals surface area contributed by atoms with Gasteiger partial charge in [-0.1, -0.05) is 0 Å². The molecule has 0 bridgehead atoms. The number of carboxylic acid groups (broad SMARTS) is 1. The third kappa shape index (κ3) is 4.56. The molecular formula is C11H15NO4. The molecule has 0 radical (unpaired) electrons. The number of carbonyl (C=O) groups is 2. The van der Waals surface area contributed by atoms with E-state index in [1.807, 2.05) is 0 Å². The monoisotopic (exact) mass is 225 g/mol. The molecule has 0 heterocycles. The molecular weight excluding hydrogens is 210 g/mol. The fourth-order valence-electron chi connectivity index (χ4n) is 1.06. The van der Waals surface area contributed by atoms with Gasteiger partial charge in [-0.3, -0.25) is 9.59 Å². The number of rotatable bonds is 2. The first-order valence-electron chi connectivity index (χ1n) is 4.59. The Balaban J connectivity index is 0.000000385. The maximum absolute atomic E-state index is 10.3. The third-order valence-electron chi connectivity index (χ3n) is 1.82. The summed E-state index contributed by atoms with van der Waals surface area (Å²) in [6.45, 7) is 3.27. The smallest absolute Gasteiger partial charge is 0.317 e. The second-order valence-electron chi connectivity index (χ2n) is 3.22. The zero-order valence-corrected chi connectivity index (χ0v) is 9.23. The SMILES string of the molecule is Cc1cc(C=O)cc(C)c1O.NCC(=O)O. The summed E-state index contributed by atoms with van der Waals surface area (Å²) in [4.78, 5) is 19.6. The van der Waals surface area contributed by atoms with E-state index in [9.17, 15) is 14.7 Å². The number of carboxylic acids is 1. The van der Waals surface area contributed by atoms with Gasteiger partial charge in [0.25, 0.3) is 0 Å². The predicted molar refractivity (Wildman–Crippen MR) is 59.7 cm³/mol. The lowest BCUT2D eigenvalue weighted by Gasteiger charge is -2.02. The van der Waals surface area contributed by atoms with Gasteiger partial charge in [0.05, 0.1) is 6.54 Å². The molecule has 0 aliphatic rings. The summed E-state index contributed by atoms with van der Waals surface area (Å²) in [5, 5.41) is 16.9. The van der Waals surface area contributed by atoms with Crippen molar-refractivity contribution >= 4 is 12.3 Å². The van der Waals surface area contributed by atoms with Gasteiger partial charge in [0.2, 0.25) is 0 Å². The third-order valence-corrected chi connectivity index (χ3v) is 1.82. The molecule has 1 rings (SSSR count). The summed E-state index contributed by atoms with van der Waals surface area (Å²) in [5.74, 6) is -0.694. The van der Waals surface area contributed by atoms with Crippen LogP contribution in [-0.4, -0.2) is 29.0 Å². The lowest BCUT2D eigenvalue weighted by Crippen LogP contribution is -2.10. The predicted octanol–water partition coefficient (Wildman–Crippen LogP) is 0.851. The number of phenols is 1. The van der Waals surface area contributed by atoms with Gasteiger partial charge >= 0.3 is 5.97 Å². The van der Waals surface area contributed by atoms with E-state index < -0.39 is 5.97 Å². The van der Waals surface area contributed by atoms with Gasteiger partial charge < -0.3 is 15.9 Å². The van der Waals surface area contributed by atoms with Crippen LogP contribution in [0.15, 0.2) is 12.1 Å². The number of hydrogen-bond donors (Lipinski definition) is 3. The second kappa shape index (κ2) is 6.58. The molecule has 5 nitrogen and oxygen atoms in total. The minimum atomic E-state index is -0.968. The summed E-state index contributed by atoms with van der Waals surface area (Å²) in [5.41, 5.74) is 6.67. The van der Waals surface area contributed by atoms with Crippen molar-refractivity contribution in [3.63, 3.8) is 0 Å². The van der Waals surface area contributed by atoms with Crippen molar-refractivity contribution in [2.45, 2.75) is 13.8 Å². The van der Waals surface area contributed by atoms with Crippen LogP contribution in [-0.2, 0) is 4.79 Å². The lowest BCUT2D eigenvalue weighted by molar-refractivity contribution is -0.135. The van der Waals surface area contributed by atoms with E-state index in [2.05, 4.69) is 5.73 Å². The first-order valence-corrected chi connectivity index (χ1v) is 4.59. The number of hydrogen-bond acceptors (Lipinski definition) is 4. The normalized spacial score (nSPS) is 8.94. The molecule has 88 valence electrons. The number of phenolic OH excluding ortho intramolecular Hbond substituents is 1. The number of benzene rings is 1. The summed E-state index contributed by atoms with van der Waals surface area (Å²) < 4.78 is 0. The van der Waals surface area contributed by atoms with Crippen molar-refractivity contribution in [2.24, 2.45) is 5.73 Å². The summed E-state index contributed by atoms with van der Waals surface area (Å²) in [7, 11) is 0. The van der Waals surface area contributed by atoms with Crippen molar-refractivity contribution in [3.8, 4) is 5.75 Å². The van der Waals surface area contributed by atoms with Gasteiger partial charge in [0.15, 0.2) is 0 Å². The standard InChI is InChI=1S/C9H10O2.C2H5NO2/c1-6-3-8(5-10)4-7(2)9(6)11;3-1-2(4)5/h3-5,11H,1-2H3;1,3H2,(H,4,5). The number of aromatic hydroxyl groups is 1. The number of carbonyl (C=O) groups excluding carboxylic acids is 1. The molecule has 0 unspecified atom stereocenters. The van der Waals surface area contributed by atoms with Crippen molar-refractivity contribution in [2.75, 3.05) is 6.54 Å². The van der Waals surface area contributed by atoms with Crippen LogP contribution in [0.5, 0.6) is 5.75 Å². The zero-order chi connectivity index (χ0) is 12.7. The van der Waals surface area contributed by atoms with E-state index >= 15 is 0 Å². The molecule has 0 atom stereocenters. The first-order chi connectivity index (χ1) is 7.42. The molecule has 16 heavy (non-hydrogen) atoms. The molecule has 0 spiro atoms. The highest BCUT2D eigenvalue weighted by Crippen LogP contribution is 2.21. The van der Waals surface area contributed by atoms with Crippen molar-refractivity contribution < 1.29 is 19.8 Å². The summed E-state index contributed by atoms with van der Waals surface area (Å²) in [6.07, 6.45) is 0.777. The Labute approximate surface area is 93.5 Å². The fourth-order valence-corrected chi connectivity index (χ4v) is 1.06. The molecule has 4 N–H and O–H groups in total. The largest absolute Gasteiger partial charge is 0.507 e. The second-order valence-corrected chi connectivity index (χ2v) is 3.22. The molecule has 0 aromatic heterocycles. The van der Waals surface area contributed by atoms with E-state index in [-0.39, 0.29) is 12.3 Å². The Morgan fingerprint density at radius 3 is 2.00 bits per heavy atom. The topological polar surface area (TPSA) is 101 Å². The molecule has 1 aromatic rings. The Kier molecular flexibility index (Phi) is 5.80. The Bertz CT molecular complexity index is 365. The molecule has 0 aliphatic carbocycles. The van der Waals surface area contributed by atoms with Crippen molar-refractivity contribution in [1.29, 1.82) is 0 Å². The number of aldehydes is 1. The van der Waals surface area contributed by atoms with Crippen LogP contribution in [0.1, 0.15) is 21.5 Å². The van der Waals surface area contributed by atoms with E-state index in [0.717, 1.165) is 17.4 Å². The minimum absolute atomic E-state index is 0.274. The van der Waals surface area contributed by atoms with Crippen LogP contribution in [0.25, 0.3) is 0 Å². The van der Waals surface area contributed by atoms with E-state index in [4.69, 9.17) is 5.11 Å². The van der Waals surface area contributed by atoms with Gasteiger partial charge in [-0.05, 0) is 37.1 Å². The van der Waals surface area contributed by atoms with Crippen molar-refractivity contribution in [1.82, 2.24) is 0 Å². The van der Waals surface area contributed by atoms with Crippen LogP contribution in [0, 0.1) is 13.8 Å². The highest BCUT2D eigenvalue weighted by molar-refractivity contribution is 5.76. The molecule has 0 fully saturated rings. The highest BCUT2D eigenvalue weighted by atomic mass is 16.4. The average Bonchev–Trinajstić information content (AvgIpc) is 2.25. The quantitative estimate of drug-likeness (QED) is 0.648. The van der Waals surface area contributed by atoms with E-state index in [0.29, 0.717) is 5.56 Å². The van der Waals surface area contributed by atoms with Gasteiger partial charge in [-0.15, -0.1) is 0 Å². The molecule has 5 heteroatoms. The molecule has 0 amide bonds. The Morgan fingerprint density at radius 1 is 1.38 bits per heavy atom. The average molecular weight is 225 g/mol. The highest BCUT2D eigenvalue weighted by Gasteiger charge is 2.01. The van der Waals surface area contributed by atoms with Crippen LogP contribution >= 0.6 is 0 Å². The minimum Gasteiger partial charge on any atom is -0.507 e. The Morgan fingerprint density at radius 2 is 1.75 bits per heavy atom. The summed E-state index contributed by atoms with van der Waals surface area (Å²) >= 11 is 0. The molecule has 0 saturated heterocycles. The van der Waals surface area contributed by atoms with Crippen LogP contribution in [0.3, 0.4) is 0 Å². The zero-order valence-electron chi connectivity index (χ0n) is 9.23.